The van der Waals surface area contributed by atoms with E-state index in [4.69, 9.17) is 0 Å². The third kappa shape index (κ3) is 3.66. The van der Waals surface area contributed by atoms with Gasteiger partial charge in [-0.2, -0.15) is 0 Å². The Bertz CT molecular complexity index is 624. The van der Waals surface area contributed by atoms with Crippen molar-refractivity contribution in [2.24, 2.45) is 0 Å². The second-order valence-corrected chi connectivity index (χ2v) is 6.60. The average Bonchev–Trinajstić information content (AvgIpc) is 2.42. The van der Waals surface area contributed by atoms with Crippen molar-refractivity contribution in [1.82, 2.24) is 0 Å². The molecule has 1 N–H and O–H groups in total. The normalized spacial score (nSPS) is 11.2. The molecule has 21 heavy (non-hydrogen) atoms. The predicted molar refractivity (Wildman–Crippen MR) is 93.8 cm³/mol. The molecule has 0 bridgehead atoms. The van der Waals surface area contributed by atoms with Gasteiger partial charge in [-0.1, -0.05) is 52.0 Å². The van der Waals surface area contributed by atoms with Gasteiger partial charge in [0, 0.05) is 11.4 Å². The zero-order valence-corrected chi connectivity index (χ0v) is 14.1. The van der Waals surface area contributed by atoms with E-state index in [1.165, 1.54) is 33.6 Å². The van der Waals surface area contributed by atoms with E-state index in [9.17, 15) is 0 Å². The Kier molecular flexibility index (Phi) is 4.72. The fourth-order valence-electron chi connectivity index (χ4n) is 2.56. The minimum absolute atomic E-state index is 0.513. The Morgan fingerprint density at radius 2 is 1.48 bits per heavy atom. The number of hydrogen-bond donors (Lipinski definition) is 1. The van der Waals surface area contributed by atoms with E-state index in [-0.39, 0.29) is 0 Å². The minimum atomic E-state index is 0.513. The van der Waals surface area contributed by atoms with E-state index < -0.39 is 0 Å². The van der Waals surface area contributed by atoms with Crippen molar-refractivity contribution in [2.45, 2.75) is 53.4 Å². The van der Waals surface area contributed by atoms with Gasteiger partial charge in [-0.15, -0.1) is 0 Å². The van der Waals surface area contributed by atoms with Crippen molar-refractivity contribution in [3.63, 3.8) is 0 Å². The standard InChI is InChI=1S/C20H27N/c1-13(2)17-9-10-18(14(3)4)20(12-17)21-19-11-15(5)7-8-16(19)6/h7-14,21H,1-6H3. The molecule has 0 aromatic heterocycles. The first kappa shape index (κ1) is 15.6. The minimum Gasteiger partial charge on any atom is -0.355 e. The molecular weight excluding hydrogens is 254 g/mol. The molecule has 2 rings (SSSR count). The Labute approximate surface area is 129 Å². The van der Waals surface area contributed by atoms with Crippen LogP contribution >= 0.6 is 0 Å². The molecule has 2 aromatic carbocycles. The summed E-state index contributed by atoms with van der Waals surface area (Å²) in [6, 6.07) is 13.4. The van der Waals surface area contributed by atoms with Gasteiger partial charge in [-0.05, 0) is 60.1 Å². The number of nitrogens with one attached hydrogen (secondary N) is 1. The maximum Gasteiger partial charge on any atom is 0.0422 e. The first-order valence-electron chi connectivity index (χ1n) is 7.86. The highest BCUT2D eigenvalue weighted by atomic mass is 14.9. The van der Waals surface area contributed by atoms with E-state index >= 15 is 0 Å². The highest BCUT2D eigenvalue weighted by Gasteiger charge is 2.10. The van der Waals surface area contributed by atoms with Crippen LogP contribution in [0.3, 0.4) is 0 Å². The van der Waals surface area contributed by atoms with Crippen molar-refractivity contribution in [2.75, 3.05) is 5.32 Å². The molecule has 112 valence electrons. The Morgan fingerprint density at radius 1 is 0.762 bits per heavy atom. The zero-order chi connectivity index (χ0) is 15.6. The molecule has 0 saturated heterocycles. The van der Waals surface area contributed by atoms with Crippen LogP contribution in [0.15, 0.2) is 36.4 Å². The van der Waals surface area contributed by atoms with Crippen LogP contribution in [0.4, 0.5) is 11.4 Å². The first-order chi connectivity index (χ1) is 9.88. The molecule has 2 aromatic rings. The highest BCUT2D eigenvalue weighted by Crippen LogP contribution is 2.31. The summed E-state index contributed by atoms with van der Waals surface area (Å²) in [6.45, 7) is 13.3. The summed E-state index contributed by atoms with van der Waals surface area (Å²) in [6.07, 6.45) is 0. The fourth-order valence-corrected chi connectivity index (χ4v) is 2.56. The third-order valence-electron chi connectivity index (χ3n) is 4.03. The summed E-state index contributed by atoms with van der Waals surface area (Å²) in [5, 5.41) is 3.66. The molecule has 0 amide bonds. The lowest BCUT2D eigenvalue weighted by atomic mass is 9.95. The molecular formula is C20H27N. The van der Waals surface area contributed by atoms with Gasteiger partial charge in [-0.25, -0.2) is 0 Å². The molecule has 0 spiro atoms. The summed E-state index contributed by atoms with van der Waals surface area (Å²) in [5.41, 5.74) is 7.77. The molecule has 0 heterocycles. The summed E-state index contributed by atoms with van der Waals surface area (Å²) < 4.78 is 0. The molecule has 0 unspecified atom stereocenters. The predicted octanol–water partition coefficient (Wildman–Crippen LogP) is 6.29. The average molecular weight is 281 g/mol. The Morgan fingerprint density at radius 3 is 2.10 bits per heavy atom. The third-order valence-corrected chi connectivity index (χ3v) is 4.03. The highest BCUT2D eigenvalue weighted by molar-refractivity contribution is 5.68. The lowest BCUT2D eigenvalue weighted by molar-refractivity contribution is 0.847. The molecule has 0 atom stereocenters. The van der Waals surface area contributed by atoms with Gasteiger partial charge in [-0.3, -0.25) is 0 Å². The van der Waals surface area contributed by atoms with Crippen molar-refractivity contribution >= 4 is 11.4 Å². The lowest BCUT2D eigenvalue weighted by Crippen LogP contribution is -2.01. The monoisotopic (exact) mass is 281 g/mol. The topological polar surface area (TPSA) is 12.0 Å². The van der Waals surface area contributed by atoms with Gasteiger partial charge in [0.1, 0.15) is 0 Å². The van der Waals surface area contributed by atoms with E-state index in [2.05, 4.69) is 83.3 Å². The van der Waals surface area contributed by atoms with Gasteiger partial charge >= 0.3 is 0 Å². The molecule has 0 aliphatic carbocycles. The van der Waals surface area contributed by atoms with Crippen LogP contribution < -0.4 is 5.32 Å². The largest absolute Gasteiger partial charge is 0.355 e. The molecule has 0 aliphatic rings. The van der Waals surface area contributed by atoms with Gasteiger partial charge in [0.25, 0.3) is 0 Å². The molecule has 0 fully saturated rings. The Hall–Kier alpha value is -1.76. The van der Waals surface area contributed by atoms with E-state index in [1.54, 1.807) is 0 Å². The molecule has 0 radical (unpaired) electrons. The molecule has 1 nitrogen and oxygen atoms in total. The molecule has 0 aliphatic heterocycles. The number of benzene rings is 2. The molecule has 1 heteroatoms. The van der Waals surface area contributed by atoms with Gasteiger partial charge in [0.2, 0.25) is 0 Å². The quantitative estimate of drug-likeness (QED) is 0.694. The van der Waals surface area contributed by atoms with Crippen molar-refractivity contribution in [1.29, 1.82) is 0 Å². The second kappa shape index (κ2) is 6.34. The van der Waals surface area contributed by atoms with Crippen LogP contribution in [0.1, 0.15) is 61.8 Å². The maximum atomic E-state index is 3.66. The number of rotatable bonds is 4. The van der Waals surface area contributed by atoms with Crippen LogP contribution in [0.25, 0.3) is 0 Å². The van der Waals surface area contributed by atoms with E-state index in [1.807, 2.05) is 0 Å². The zero-order valence-electron chi connectivity index (χ0n) is 14.1. The SMILES string of the molecule is Cc1ccc(C)c(Nc2cc(C(C)C)ccc2C(C)C)c1. The number of aryl methyl sites for hydroxylation is 2. The van der Waals surface area contributed by atoms with Crippen LogP contribution in [0.5, 0.6) is 0 Å². The summed E-state index contributed by atoms with van der Waals surface area (Å²) in [4.78, 5) is 0. The van der Waals surface area contributed by atoms with Crippen molar-refractivity contribution < 1.29 is 0 Å². The lowest BCUT2D eigenvalue weighted by Gasteiger charge is -2.19. The van der Waals surface area contributed by atoms with Crippen molar-refractivity contribution in [3.8, 4) is 0 Å². The number of anilines is 2. The molecule has 0 saturated carbocycles. The summed E-state index contributed by atoms with van der Waals surface area (Å²) >= 11 is 0. The van der Waals surface area contributed by atoms with Gasteiger partial charge < -0.3 is 5.32 Å². The van der Waals surface area contributed by atoms with Crippen molar-refractivity contribution in [3.05, 3.63) is 58.7 Å². The smallest absolute Gasteiger partial charge is 0.0422 e. The van der Waals surface area contributed by atoms with Gasteiger partial charge in [0.05, 0.1) is 0 Å². The van der Waals surface area contributed by atoms with Crippen LogP contribution in [0.2, 0.25) is 0 Å². The van der Waals surface area contributed by atoms with Crippen LogP contribution in [0, 0.1) is 13.8 Å². The summed E-state index contributed by atoms with van der Waals surface area (Å²) in [7, 11) is 0. The summed E-state index contributed by atoms with van der Waals surface area (Å²) in [5.74, 6) is 1.06. The Balaban J connectivity index is 2.45. The van der Waals surface area contributed by atoms with Crippen LogP contribution in [-0.2, 0) is 0 Å². The van der Waals surface area contributed by atoms with E-state index in [0.717, 1.165) is 0 Å². The first-order valence-corrected chi connectivity index (χ1v) is 7.86. The second-order valence-electron chi connectivity index (χ2n) is 6.60. The van der Waals surface area contributed by atoms with Crippen LogP contribution in [-0.4, -0.2) is 0 Å². The van der Waals surface area contributed by atoms with Gasteiger partial charge in [0.15, 0.2) is 0 Å². The van der Waals surface area contributed by atoms with E-state index in [0.29, 0.717) is 11.8 Å². The fraction of sp³-hybridized carbons (Fsp3) is 0.400. The maximum absolute atomic E-state index is 3.66. The number of hydrogen-bond acceptors (Lipinski definition) is 1.